The zero-order chi connectivity index (χ0) is 20.2. The van der Waals surface area contributed by atoms with Crippen LogP contribution in [0.25, 0.3) is 0 Å². The Bertz CT molecular complexity index is 945. The van der Waals surface area contributed by atoms with Crippen LogP contribution in [0.2, 0.25) is 5.02 Å². The number of hydrogen-bond acceptors (Lipinski definition) is 4. The third-order valence-electron chi connectivity index (χ3n) is 3.87. The number of ether oxygens (including phenoxy) is 1. The maximum absolute atomic E-state index is 12.7. The van der Waals surface area contributed by atoms with Crippen molar-refractivity contribution in [3.63, 3.8) is 0 Å². The molecule has 0 aromatic heterocycles. The van der Waals surface area contributed by atoms with Crippen molar-refractivity contribution < 1.29 is 17.9 Å². The fraction of sp³-hybridized carbons (Fsp3) is 0.316. The second kappa shape index (κ2) is 8.73. The molecular weight excluding hydrogens is 388 g/mol. The van der Waals surface area contributed by atoms with Gasteiger partial charge < -0.3 is 10.1 Å². The zero-order valence-corrected chi connectivity index (χ0v) is 17.2. The Kier molecular flexibility index (Phi) is 6.86. The summed E-state index contributed by atoms with van der Waals surface area (Å²) >= 11 is 5.93. The highest BCUT2D eigenvalue weighted by Crippen LogP contribution is 2.27. The van der Waals surface area contributed by atoms with E-state index < -0.39 is 22.0 Å². The van der Waals surface area contributed by atoms with Crippen molar-refractivity contribution in [2.45, 2.75) is 38.6 Å². The first kappa shape index (κ1) is 21.2. The van der Waals surface area contributed by atoms with Gasteiger partial charge in [-0.2, -0.15) is 4.72 Å². The first-order chi connectivity index (χ1) is 12.6. The molecule has 0 aliphatic carbocycles. The van der Waals surface area contributed by atoms with Gasteiger partial charge in [0.05, 0.1) is 12.6 Å². The van der Waals surface area contributed by atoms with Gasteiger partial charge in [0.2, 0.25) is 15.9 Å². The Morgan fingerprint density at radius 3 is 2.56 bits per heavy atom. The molecule has 0 aliphatic heterocycles. The summed E-state index contributed by atoms with van der Waals surface area (Å²) in [5.74, 6) is -0.288. The number of rotatable bonds is 7. The van der Waals surface area contributed by atoms with Gasteiger partial charge in [0.25, 0.3) is 0 Å². The zero-order valence-electron chi connectivity index (χ0n) is 15.7. The molecule has 1 unspecified atom stereocenters. The van der Waals surface area contributed by atoms with Gasteiger partial charge >= 0.3 is 0 Å². The molecule has 146 valence electrons. The molecule has 0 heterocycles. The minimum atomic E-state index is -4.01. The van der Waals surface area contributed by atoms with E-state index in [-0.39, 0.29) is 15.7 Å². The normalized spacial score (nSPS) is 12.5. The predicted octanol–water partition coefficient (Wildman–Crippen LogP) is 3.66. The molecule has 27 heavy (non-hydrogen) atoms. The lowest BCUT2D eigenvalue weighted by atomic mass is 10.1. The van der Waals surface area contributed by atoms with Crippen molar-refractivity contribution in [3.8, 4) is 5.75 Å². The minimum absolute atomic E-state index is 0.108. The van der Waals surface area contributed by atoms with Crippen LogP contribution in [0.4, 0.5) is 5.69 Å². The molecule has 2 aromatic carbocycles. The Hall–Kier alpha value is -2.09. The fourth-order valence-electron chi connectivity index (χ4n) is 2.43. The molecule has 0 radical (unpaired) electrons. The first-order valence-electron chi connectivity index (χ1n) is 8.47. The average molecular weight is 411 g/mol. The maximum atomic E-state index is 12.7. The Morgan fingerprint density at radius 1 is 1.19 bits per heavy atom. The summed E-state index contributed by atoms with van der Waals surface area (Å²) < 4.78 is 33.2. The maximum Gasteiger partial charge on any atom is 0.245 e. The Balaban J connectivity index is 2.21. The molecule has 0 spiro atoms. The number of benzene rings is 2. The molecule has 8 heteroatoms. The summed E-state index contributed by atoms with van der Waals surface area (Å²) in [6.45, 7) is 7.30. The molecule has 1 atom stereocenters. The topological polar surface area (TPSA) is 84.5 Å². The Morgan fingerprint density at radius 2 is 1.89 bits per heavy atom. The largest absolute Gasteiger partial charge is 0.492 e. The standard InChI is InChI=1S/C19H23ClN2O4S/c1-5-26-17-9-8-15(20)11-18(17)27(24,25)22-14(4)19(23)21-16-10-12(2)6-7-13(16)3/h6-11,14,22H,5H2,1-4H3,(H,21,23). The number of anilines is 1. The van der Waals surface area contributed by atoms with Crippen LogP contribution < -0.4 is 14.8 Å². The molecule has 6 nitrogen and oxygen atoms in total. The summed E-state index contributed by atoms with van der Waals surface area (Å²) in [5.41, 5.74) is 2.52. The number of carbonyl (C=O) groups is 1. The van der Waals surface area contributed by atoms with Crippen LogP contribution in [0.1, 0.15) is 25.0 Å². The van der Waals surface area contributed by atoms with Gasteiger partial charge in [-0.1, -0.05) is 23.7 Å². The van der Waals surface area contributed by atoms with E-state index in [9.17, 15) is 13.2 Å². The van der Waals surface area contributed by atoms with Crippen molar-refractivity contribution in [2.75, 3.05) is 11.9 Å². The van der Waals surface area contributed by atoms with Gasteiger partial charge in [-0.3, -0.25) is 4.79 Å². The molecule has 0 fully saturated rings. The van der Waals surface area contributed by atoms with Gasteiger partial charge in [-0.05, 0) is 63.1 Å². The van der Waals surface area contributed by atoms with Gasteiger partial charge in [0.15, 0.2) is 0 Å². The van der Waals surface area contributed by atoms with Gasteiger partial charge in [-0.15, -0.1) is 0 Å². The molecule has 0 saturated carbocycles. The van der Waals surface area contributed by atoms with Crippen LogP contribution in [0, 0.1) is 13.8 Å². The molecule has 0 bridgehead atoms. The highest BCUT2D eigenvalue weighted by molar-refractivity contribution is 7.89. The number of carbonyl (C=O) groups excluding carboxylic acids is 1. The molecule has 2 N–H and O–H groups in total. The van der Waals surface area contributed by atoms with Crippen molar-refractivity contribution in [2.24, 2.45) is 0 Å². The van der Waals surface area contributed by atoms with E-state index in [0.717, 1.165) is 11.1 Å². The van der Waals surface area contributed by atoms with Crippen LogP contribution in [0.3, 0.4) is 0 Å². The highest BCUT2D eigenvalue weighted by Gasteiger charge is 2.25. The summed E-state index contributed by atoms with van der Waals surface area (Å²) in [6, 6.07) is 8.99. The van der Waals surface area contributed by atoms with Crippen LogP contribution in [0.5, 0.6) is 5.75 Å². The quantitative estimate of drug-likeness (QED) is 0.729. The van der Waals surface area contributed by atoms with Crippen molar-refractivity contribution in [1.82, 2.24) is 4.72 Å². The number of halogens is 1. The van der Waals surface area contributed by atoms with E-state index in [1.165, 1.54) is 19.1 Å². The summed E-state index contributed by atoms with van der Waals surface area (Å²) in [4.78, 5) is 12.4. The lowest BCUT2D eigenvalue weighted by Gasteiger charge is -2.17. The van der Waals surface area contributed by atoms with E-state index in [0.29, 0.717) is 12.3 Å². The lowest BCUT2D eigenvalue weighted by molar-refractivity contribution is -0.117. The lowest BCUT2D eigenvalue weighted by Crippen LogP contribution is -2.41. The highest BCUT2D eigenvalue weighted by atomic mass is 35.5. The fourth-order valence-corrected chi connectivity index (χ4v) is 4.04. The van der Waals surface area contributed by atoms with Gasteiger partial charge in [-0.25, -0.2) is 8.42 Å². The van der Waals surface area contributed by atoms with Crippen LogP contribution in [-0.2, 0) is 14.8 Å². The summed E-state index contributed by atoms with van der Waals surface area (Å²) in [7, 11) is -4.01. The number of amides is 1. The summed E-state index contributed by atoms with van der Waals surface area (Å²) in [6.07, 6.45) is 0. The second-order valence-corrected chi connectivity index (χ2v) is 8.29. The monoisotopic (exact) mass is 410 g/mol. The number of sulfonamides is 1. The van der Waals surface area contributed by atoms with E-state index in [1.807, 2.05) is 32.0 Å². The smallest absolute Gasteiger partial charge is 0.245 e. The van der Waals surface area contributed by atoms with E-state index in [2.05, 4.69) is 10.0 Å². The van der Waals surface area contributed by atoms with E-state index in [1.54, 1.807) is 13.0 Å². The van der Waals surface area contributed by atoms with Crippen LogP contribution in [-0.4, -0.2) is 27.0 Å². The van der Waals surface area contributed by atoms with Crippen molar-refractivity contribution in [3.05, 3.63) is 52.5 Å². The first-order valence-corrected chi connectivity index (χ1v) is 10.3. The van der Waals surface area contributed by atoms with Crippen LogP contribution in [0.15, 0.2) is 41.3 Å². The van der Waals surface area contributed by atoms with Gasteiger partial charge in [0, 0.05) is 10.7 Å². The number of hydrogen-bond donors (Lipinski definition) is 2. The van der Waals surface area contributed by atoms with E-state index in [4.69, 9.17) is 16.3 Å². The predicted molar refractivity (Wildman–Crippen MR) is 107 cm³/mol. The average Bonchev–Trinajstić information content (AvgIpc) is 2.59. The molecule has 1 amide bonds. The van der Waals surface area contributed by atoms with E-state index >= 15 is 0 Å². The summed E-state index contributed by atoms with van der Waals surface area (Å²) in [5, 5.41) is 3.01. The SMILES string of the molecule is CCOc1ccc(Cl)cc1S(=O)(=O)NC(C)C(=O)Nc1cc(C)ccc1C. The number of nitrogens with one attached hydrogen (secondary N) is 2. The molecule has 2 rings (SSSR count). The minimum Gasteiger partial charge on any atom is -0.492 e. The number of aryl methyl sites for hydroxylation is 2. The van der Waals surface area contributed by atoms with Crippen molar-refractivity contribution in [1.29, 1.82) is 0 Å². The Labute approximate surface area is 164 Å². The van der Waals surface area contributed by atoms with Gasteiger partial charge in [0.1, 0.15) is 10.6 Å². The molecule has 0 aliphatic rings. The molecule has 0 saturated heterocycles. The molecular formula is C19H23ClN2O4S. The third-order valence-corrected chi connectivity index (χ3v) is 5.67. The third kappa shape index (κ3) is 5.45. The van der Waals surface area contributed by atoms with Crippen molar-refractivity contribution >= 4 is 33.2 Å². The van der Waals surface area contributed by atoms with Crippen LogP contribution >= 0.6 is 11.6 Å². The second-order valence-electron chi connectivity index (χ2n) is 6.17. The molecule has 2 aromatic rings.